The Morgan fingerprint density at radius 2 is 1.76 bits per heavy atom. The van der Waals surface area contributed by atoms with Crippen molar-refractivity contribution in [1.29, 1.82) is 0 Å². The van der Waals surface area contributed by atoms with Crippen molar-refractivity contribution in [3.63, 3.8) is 0 Å². The van der Waals surface area contributed by atoms with Crippen molar-refractivity contribution in [2.24, 2.45) is 0 Å². The molecule has 1 aliphatic heterocycles. The van der Waals surface area contributed by atoms with Gasteiger partial charge in [-0.1, -0.05) is 35.4 Å². The molecule has 0 saturated heterocycles. The maximum absolute atomic E-state index is 12.9. The number of hydrogen-bond donors (Lipinski definition) is 1. The molecule has 0 atom stereocenters. The molecule has 1 aliphatic rings. The van der Waals surface area contributed by atoms with Crippen LogP contribution in [0.4, 0.5) is 5.69 Å². The molecule has 0 spiro atoms. The fraction of sp³-hybridized carbons (Fsp3) is 0.158. The second-order valence-electron chi connectivity index (χ2n) is 5.80. The van der Waals surface area contributed by atoms with Gasteiger partial charge in [0.05, 0.1) is 18.4 Å². The van der Waals surface area contributed by atoms with Crippen LogP contribution in [0.3, 0.4) is 0 Å². The molecule has 5 nitrogen and oxygen atoms in total. The lowest BCUT2D eigenvalue weighted by Gasteiger charge is -2.18. The maximum Gasteiger partial charge on any atom is 0.301 e. The lowest BCUT2D eigenvalue weighted by molar-refractivity contribution is -0.121. The Hall–Kier alpha value is -2.79. The van der Waals surface area contributed by atoms with Crippen LogP contribution in [0, 0.1) is 13.8 Å². The van der Waals surface area contributed by atoms with Crippen LogP contribution in [0.5, 0.6) is 5.75 Å². The van der Waals surface area contributed by atoms with Gasteiger partial charge in [-0.2, -0.15) is 0 Å². The second kappa shape index (κ2) is 6.26. The number of hydrogen-bond acceptors (Lipinski definition) is 4. The van der Waals surface area contributed by atoms with E-state index in [1.54, 1.807) is 18.2 Å². The van der Waals surface area contributed by atoms with Gasteiger partial charge in [0.15, 0.2) is 5.76 Å². The highest BCUT2D eigenvalue weighted by molar-refractivity contribution is 6.45. The van der Waals surface area contributed by atoms with Crippen molar-refractivity contribution in [2.45, 2.75) is 13.8 Å². The molecule has 0 radical (unpaired) electrons. The van der Waals surface area contributed by atoms with Crippen LogP contribution in [-0.2, 0) is 9.59 Å². The molecule has 2 amide bonds. The zero-order valence-corrected chi connectivity index (χ0v) is 14.7. The van der Waals surface area contributed by atoms with Crippen LogP contribution in [0.25, 0.3) is 5.57 Å². The lowest BCUT2D eigenvalue weighted by Crippen LogP contribution is -2.32. The van der Waals surface area contributed by atoms with Crippen molar-refractivity contribution in [1.82, 2.24) is 0 Å². The summed E-state index contributed by atoms with van der Waals surface area (Å²) < 4.78 is 5.22. The molecule has 6 heteroatoms. The number of aliphatic hydroxyl groups excluding tert-OH is 1. The smallest absolute Gasteiger partial charge is 0.301 e. The Labute approximate surface area is 150 Å². The minimum Gasteiger partial charge on any atom is -0.502 e. The molecule has 25 heavy (non-hydrogen) atoms. The third-order valence-electron chi connectivity index (χ3n) is 4.09. The summed E-state index contributed by atoms with van der Waals surface area (Å²) in [5.74, 6) is -1.70. The normalized spacial score (nSPS) is 14.5. The van der Waals surface area contributed by atoms with Crippen LogP contribution in [0.1, 0.15) is 16.7 Å². The molecule has 0 bridgehead atoms. The van der Waals surface area contributed by atoms with Crippen LogP contribution in [0.2, 0.25) is 5.02 Å². The van der Waals surface area contributed by atoms with Gasteiger partial charge < -0.3 is 9.84 Å². The molecule has 0 aliphatic carbocycles. The number of aryl methyl sites for hydroxylation is 2. The van der Waals surface area contributed by atoms with E-state index in [1.165, 1.54) is 13.2 Å². The molecule has 0 unspecified atom stereocenters. The number of aliphatic hydroxyl groups is 1. The van der Waals surface area contributed by atoms with Gasteiger partial charge in [-0.05, 0) is 43.2 Å². The minimum atomic E-state index is -0.805. The molecule has 3 rings (SSSR count). The van der Waals surface area contributed by atoms with Crippen molar-refractivity contribution >= 4 is 34.7 Å². The molecular weight excluding hydrogens is 342 g/mol. The van der Waals surface area contributed by atoms with E-state index in [-0.39, 0.29) is 11.3 Å². The molecule has 0 aromatic heterocycles. The second-order valence-corrected chi connectivity index (χ2v) is 6.24. The first kappa shape index (κ1) is 17.0. The first-order valence-corrected chi connectivity index (χ1v) is 7.96. The zero-order chi connectivity index (χ0) is 18.3. The van der Waals surface area contributed by atoms with Crippen molar-refractivity contribution < 1.29 is 19.4 Å². The van der Waals surface area contributed by atoms with Gasteiger partial charge in [0.25, 0.3) is 5.91 Å². The average Bonchev–Trinajstić information content (AvgIpc) is 2.78. The van der Waals surface area contributed by atoms with Crippen LogP contribution < -0.4 is 9.64 Å². The molecule has 128 valence electrons. The van der Waals surface area contributed by atoms with Gasteiger partial charge in [0.1, 0.15) is 5.75 Å². The SMILES string of the molecule is COc1ccc(Cl)cc1N1C(=O)C(O)=C(c2ccc(C)cc2C)C1=O. The number of halogens is 1. The summed E-state index contributed by atoms with van der Waals surface area (Å²) in [7, 11) is 1.43. The average molecular weight is 358 g/mol. The highest BCUT2D eigenvalue weighted by Crippen LogP contribution is 2.38. The molecule has 2 aromatic carbocycles. The summed E-state index contributed by atoms with van der Waals surface area (Å²) >= 11 is 6.00. The Morgan fingerprint density at radius 3 is 2.40 bits per heavy atom. The van der Waals surface area contributed by atoms with E-state index >= 15 is 0 Å². The molecular formula is C19H16ClNO4. The summed E-state index contributed by atoms with van der Waals surface area (Å²) in [5, 5.41) is 10.7. The fourth-order valence-corrected chi connectivity index (χ4v) is 3.08. The standard InChI is InChI=1S/C19H16ClNO4/c1-10-4-6-13(11(2)8-10)16-17(22)19(24)21(18(16)23)14-9-12(20)5-7-15(14)25-3/h4-9,22H,1-3H3. The van der Waals surface area contributed by atoms with E-state index in [0.717, 1.165) is 16.0 Å². The van der Waals surface area contributed by atoms with Crippen molar-refractivity contribution in [3.05, 3.63) is 63.9 Å². The van der Waals surface area contributed by atoms with Gasteiger partial charge in [-0.25, -0.2) is 4.90 Å². The quantitative estimate of drug-likeness (QED) is 0.848. The number of nitrogens with zero attached hydrogens (tertiary/aromatic N) is 1. The van der Waals surface area contributed by atoms with E-state index in [4.69, 9.17) is 16.3 Å². The molecule has 1 heterocycles. The number of anilines is 1. The Balaban J connectivity index is 2.13. The number of imide groups is 1. The Morgan fingerprint density at radius 1 is 1.04 bits per heavy atom. The number of carbonyl (C=O) groups excluding carboxylic acids is 2. The summed E-state index contributed by atoms with van der Waals surface area (Å²) in [6, 6.07) is 10.0. The first-order chi connectivity index (χ1) is 11.8. The summed E-state index contributed by atoms with van der Waals surface area (Å²) in [4.78, 5) is 26.4. The fourth-order valence-electron chi connectivity index (χ4n) is 2.91. The third kappa shape index (κ3) is 2.76. The Bertz CT molecular complexity index is 933. The Kier molecular flexibility index (Phi) is 4.27. The monoisotopic (exact) mass is 357 g/mol. The van der Waals surface area contributed by atoms with Gasteiger partial charge in [-0.15, -0.1) is 0 Å². The predicted octanol–water partition coefficient (Wildman–Crippen LogP) is 3.81. The highest BCUT2D eigenvalue weighted by atomic mass is 35.5. The van der Waals surface area contributed by atoms with Gasteiger partial charge in [0, 0.05) is 5.02 Å². The number of carbonyl (C=O) groups is 2. The predicted molar refractivity (Wildman–Crippen MR) is 96.0 cm³/mol. The van der Waals surface area contributed by atoms with Gasteiger partial charge in [-0.3, -0.25) is 9.59 Å². The number of amides is 2. The van der Waals surface area contributed by atoms with Crippen molar-refractivity contribution in [3.8, 4) is 5.75 Å². The number of ether oxygens (including phenoxy) is 1. The zero-order valence-electron chi connectivity index (χ0n) is 14.0. The van der Waals surface area contributed by atoms with E-state index in [0.29, 0.717) is 16.3 Å². The molecule has 1 N–H and O–H groups in total. The summed E-state index contributed by atoms with van der Waals surface area (Å²) in [6.45, 7) is 3.75. The molecule has 0 fully saturated rings. The first-order valence-electron chi connectivity index (χ1n) is 7.58. The van der Waals surface area contributed by atoms with Crippen LogP contribution in [-0.4, -0.2) is 24.0 Å². The number of methoxy groups -OCH3 is 1. The highest BCUT2D eigenvalue weighted by Gasteiger charge is 2.41. The van der Waals surface area contributed by atoms with Crippen LogP contribution >= 0.6 is 11.6 Å². The number of benzene rings is 2. The summed E-state index contributed by atoms with van der Waals surface area (Å²) in [6.07, 6.45) is 0. The minimum absolute atomic E-state index is 0.0236. The van der Waals surface area contributed by atoms with Crippen LogP contribution in [0.15, 0.2) is 42.2 Å². The van der Waals surface area contributed by atoms with E-state index in [1.807, 2.05) is 26.0 Å². The van der Waals surface area contributed by atoms with E-state index in [9.17, 15) is 14.7 Å². The largest absolute Gasteiger partial charge is 0.502 e. The van der Waals surface area contributed by atoms with Gasteiger partial charge >= 0.3 is 5.91 Å². The summed E-state index contributed by atoms with van der Waals surface area (Å²) in [5.41, 5.74) is 2.50. The third-order valence-corrected chi connectivity index (χ3v) is 4.33. The topological polar surface area (TPSA) is 66.8 Å². The van der Waals surface area contributed by atoms with E-state index < -0.39 is 17.6 Å². The van der Waals surface area contributed by atoms with Crippen molar-refractivity contribution in [2.75, 3.05) is 12.0 Å². The molecule has 0 saturated carbocycles. The van der Waals surface area contributed by atoms with Gasteiger partial charge in [0.2, 0.25) is 0 Å². The number of rotatable bonds is 3. The molecule has 2 aromatic rings. The maximum atomic E-state index is 12.9. The lowest BCUT2D eigenvalue weighted by atomic mass is 9.98. The van der Waals surface area contributed by atoms with E-state index in [2.05, 4.69) is 0 Å².